The summed E-state index contributed by atoms with van der Waals surface area (Å²) in [4.78, 5) is 12.2. The van der Waals surface area contributed by atoms with E-state index >= 15 is 0 Å². The van der Waals surface area contributed by atoms with E-state index in [0.717, 1.165) is 0 Å². The molecule has 1 rings (SSSR count). The van der Waals surface area contributed by atoms with Crippen molar-refractivity contribution in [3.8, 4) is 0 Å². The van der Waals surface area contributed by atoms with Crippen LogP contribution < -0.4 is 4.72 Å². The highest BCUT2D eigenvalue weighted by Gasteiger charge is 2.40. The van der Waals surface area contributed by atoms with Crippen LogP contribution in [0, 0.1) is 0 Å². The molecular weight excluding hydrogens is 354 g/mol. The van der Waals surface area contributed by atoms with Gasteiger partial charge in [-0.3, -0.25) is 4.79 Å². The minimum atomic E-state index is -3.94. The second-order valence-corrected chi connectivity index (χ2v) is 13.8. The van der Waals surface area contributed by atoms with Crippen LogP contribution in [0.3, 0.4) is 0 Å². The van der Waals surface area contributed by atoms with Gasteiger partial charge in [0.15, 0.2) is 8.32 Å². The van der Waals surface area contributed by atoms with Gasteiger partial charge in [0.25, 0.3) is 15.9 Å². The molecule has 0 aliphatic heterocycles. The summed E-state index contributed by atoms with van der Waals surface area (Å²) in [7, 11) is -6.10. The Morgan fingerprint density at radius 2 is 1.70 bits per heavy atom. The fourth-order valence-electron chi connectivity index (χ4n) is 1.56. The zero-order valence-corrected chi connectivity index (χ0v) is 16.9. The van der Waals surface area contributed by atoms with Crippen LogP contribution in [0.4, 0.5) is 0 Å². The lowest BCUT2D eigenvalue weighted by molar-refractivity contribution is -0.125. The molecule has 0 bridgehead atoms. The predicted molar refractivity (Wildman–Crippen MR) is 94.5 cm³/mol. The van der Waals surface area contributed by atoms with Crippen molar-refractivity contribution < 1.29 is 17.6 Å². The first-order valence-electron chi connectivity index (χ1n) is 7.26. The topological polar surface area (TPSA) is 72.5 Å². The zero-order valence-electron chi connectivity index (χ0n) is 14.3. The molecule has 1 atom stereocenters. The van der Waals surface area contributed by atoms with Crippen molar-refractivity contribution in [2.75, 3.05) is 0 Å². The van der Waals surface area contributed by atoms with Crippen LogP contribution in [-0.4, -0.2) is 28.7 Å². The molecule has 0 saturated carbocycles. The van der Waals surface area contributed by atoms with Crippen molar-refractivity contribution in [1.82, 2.24) is 4.72 Å². The van der Waals surface area contributed by atoms with Crippen molar-refractivity contribution in [1.29, 1.82) is 0 Å². The van der Waals surface area contributed by atoms with Gasteiger partial charge in [-0.15, -0.1) is 0 Å². The van der Waals surface area contributed by atoms with E-state index in [1.54, 1.807) is 6.92 Å². The van der Waals surface area contributed by atoms with E-state index in [0.29, 0.717) is 5.02 Å². The number of nitrogens with one attached hydrogen (secondary N) is 1. The van der Waals surface area contributed by atoms with E-state index in [2.05, 4.69) is 4.72 Å². The highest BCUT2D eigenvalue weighted by Crippen LogP contribution is 2.37. The third-order valence-corrected chi connectivity index (χ3v) is 10.2. The van der Waals surface area contributed by atoms with E-state index in [9.17, 15) is 13.2 Å². The van der Waals surface area contributed by atoms with E-state index in [1.165, 1.54) is 24.3 Å². The van der Waals surface area contributed by atoms with Gasteiger partial charge in [0, 0.05) is 5.02 Å². The first-order chi connectivity index (χ1) is 10.3. The number of hydrogen-bond donors (Lipinski definition) is 1. The largest absolute Gasteiger partial charge is 0.405 e. The lowest BCUT2D eigenvalue weighted by atomic mass is 10.2. The first kappa shape index (κ1) is 20.2. The number of hydrogen-bond acceptors (Lipinski definition) is 4. The number of carbonyl (C=O) groups is 1. The van der Waals surface area contributed by atoms with Crippen molar-refractivity contribution in [3.05, 3.63) is 29.3 Å². The van der Waals surface area contributed by atoms with E-state index in [4.69, 9.17) is 16.0 Å². The van der Waals surface area contributed by atoms with Gasteiger partial charge in [-0.2, -0.15) is 0 Å². The van der Waals surface area contributed by atoms with Crippen LogP contribution >= 0.6 is 11.6 Å². The minimum absolute atomic E-state index is 0.0187. The molecule has 1 unspecified atom stereocenters. The quantitative estimate of drug-likeness (QED) is 0.796. The zero-order chi connectivity index (χ0) is 18.1. The molecule has 23 heavy (non-hydrogen) atoms. The molecule has 1 aromatic carbocycles. The second kappa shape index (κ2) is 6.92. The first-order valence-corrected chi connectivity index (χ1v) is 12.0. The monoisotopic (exact) mass is 377 g/mol. The number of rotatable bonds is 5. The van der Waals surface area contributed by atoms with Gasteiger partial charge >= 0.3 is 0 Å². The number of benzene rings is 1. The Labute approximate surface area is 144 Å². The number of carbonyl (C=O) groups excluding carboxylic acids is 1. The Bertz CT molecular complexity index is 666. The van der Waals surface area contributed by atoms with Crippen molar-refractivity contribution in [3.63, 3.8) is 0 Å². The summed E-state index contributed by atoms with van der Waals surface area (Å²) in [6.07, 6.45) is -0.849. The summed E-state index contributed by atoms with van der Waals surface area (Å²) in [6, 6.07) is 5.60. The average Bonchev–Trinajstić information content (AvgIpc) is 2.36. The molecule has 0 fully saturated rings. The molecule has 0 aliphatic rings. The van der Waals surface area contributed by atoms with Gasteiger partial charge in [-0.1, -0.05) is 32.4 Å². The van der Waals surface area contributed by atoms with Crippen molar-refractivity contribution in [2.45, 2.75) is 56.8 Å². The summed E-state index contributed by atoms with van der Waals surface area (Å²) in [5.41, 5.74) is 0. The molecule has 1 aromatic rings. The third kappa shape index (κ3) is 5.31. The Morgan fingerprint density at radius 3 is 2.13 bits per heavy atom. The number of sulfonamides is 1. The van der Waals surface area contributed by atoms with Gasteiger partial charge in [-0.25, -0.2) is 13.1 Å². The Hall–Kier alpha value is -0.893. The summed E-state index contributed by atoms with van der Waals surface area (Å²) < 4.78 is 32.4. The lowest BCUT2D eigenvalue weighted by Crippen LogP contribution is -2.48. The minimum Gasteiger partial charge on any atom is -0.405 e. The molecule has 0 spiro atoms. The summed E-state index contributed by atoms with van der Waals surface area (Å²) >= 11 is 5.74. The fraction of sp³-hybridized carbons (Fsp3) is 0.533. The SMILES string of the molecule is CC(O[Si](C)(C)C(C)(C)C)C(=O)NS(=O)(=O)c1ccc(Cl)cc1. The van der Waals surface area contributed by atoms with Crippen LogP contribution in [0.1, 0.15) is 27.7 Å². The average molecular weight is 378 g/mol. The van der Waals surface area contributed by atoms with Gasteiger partial charge in [0.2, 0.25) is 0 Å². The Morgan fingerprint density at radius 1 is 1.22 bits per heavy atom. The van der Waals surface area contributed by atoms with Crippen LogP contribution in [0.2, 0.25) is 23.2 Å². The van der Waals surface area contributed by atoms with Crippen LogP contribution in [0.15, 0.2) is 29.2 Å². The van der Waals surface area contributed by atoms with E-state index in [1.807, 2.05) is 33.9 Å². The molecule has 1 amide bonds. The molecule has 0 heterocycles. The van der Waals surface area contributed by atoms with Gasteiger partial charge < -0.3 is 4.43 Å². The standard InChI is InChI=1S/C15H24ClNO4SSi/c1-11(21-23(5,6)15(2,3)4)14(18)17-22(19,20)13-9-7-12(16)8-10-13/h7-11H,1-6H3,(H,17,18). The highest BCUT2D eigenvalue weighted by atomic mass is 35.5. The van der Waals surface area contributed by atoms with Gasteiger partial charge in [0.1, 0.15) is 6.10 Å². The van der Waals surface area contributed by atoms with Gasteiger partial charge in [-0.05, 0) is 49.3 Å². The highest BCUT2D eigenvalue weighted by molar-refractivity contribution is 7.90. The Balaban J connectivity index is 2.84. The maximum atomic E-state index is 12.2. The molecule has 8 heteroatoms. The maximum absolute atomic E-state index is 12.2. The molecule has 130 valence electrons. The maximum Gasteiger partial charge on any atom is 0.264 e. The molecule has 0 aliphatic carbocycles. The van der Waals surface area contributed by atoms with Gasteiger partial charge in [0.05, 0.1) is 4.90 Å². The Kier molecular flexibility index (Phi) is 6.07. The fourth-order valence-corrected chi connectivity index (χ4v) is 4.07. The van der Waals surface area contributed by atoms with Crippen molar-refractivity contribution >= 4 is 35.8 Å². The summed E-state index contributed by atoms with van der Waals surface area (Å²) in [5, 5.41) is 0.348. The molecule has 0 aromatic heterocycles. The molecule has 0 saturated heterocycles. The number of amides is 1. The van der Waals surface area contributed by atoms with E-state index in [-0.39, 0.29) is 9.93 Å². The van der Waals surface area contributed by atoms with Crippen LogP contribution in [0.25, 0.3) is 0 Å². The van der Waals surface area contributed by atoms with E-state index < -0.39 is 30.4 Å². The molecular formula is C15H24ClNO4SSi. The lowest BCUT2D eigenvalue weighted by Gasteiger charge is -2.37. The van der Waals surface area contributed by atoms with Crippen LogP contribution in [0.5, 0.6) is 0 Å². The molecule has 1 N–H and O–H groups in total. The second-order valence-electron chi connectivity index (χ2n) is 6.94. The van der Waals surface area contributed by atoms with Crippen molar-refractivity contribution in [2.24, 2.45) is 0 Å². The smallest absolute Gasteiger partial charge is 0.264 e. The predicted octanol–water partition coefficient (Wildman–Crippen LogP) is 3.56. The van der Waals surface area contributed by atoms with Crippen LogP contribution in [-0.2, 0) is 19.2 Å². The normalized spacial score (nSPS) is 14.4. The number of halogens is 1. The molecule has 0 radical (unpaired) electrons. The summed E-state index contributed by atoms with van der Waals surface area (Å²) in [5.74, 6) is -0.676. The molecule has 5 nitrogen and oxygen atoms in total. The summed E-state index contributed by atoms with van der Waals surface area (Å²) in [6.45, 7) is 11.7. The third-order valence-electron chi connectivity index (χ3n) is 4.01.